The standard InChI is InChI=1S/C28H28FN5O4/c29-24-8-3-5-20(15-24)17-31-27(36)28(16-22-6-1-2-7-23(22)18-32-34-30)19-38-26(33-28)21-9-11-25(12-10-21)37-14-4-13-35/h1-3,5-12,15,35H,4,13-14,16-19H2,(H,31,36)/t28-/m1/s1. The first-order valence-corrected chi connectivity index (χ1v) is 12.2. The van der Waals surface area contributed by atoms with E-state index in [-0.39, 0.29) is 44.4 Å². The smallest absolute Gasteiger partial charge is 0.252 e. The molecule has 1 amide bonds. The summed E-state index contributed by atoms with van der Waals surface area (Å²) in [6, 6.07) is 20.6. The van der Waals surface area contributed by atoms with Gasteiger partial charge in [0.25, 0.3) is 5.91 Å². The molecule has 0 spiro atoms. The van der Waals surface area contributed by atoms with Gasteiger partial charge in [0.2, 0.25) is 5.90 Å². The highest BCUT2D eigenvalue weighted by Gasteiger charge is 2.44. The number of hydrogen-bond donors (Lipinski definition) is 2. The zero-order chi connectivity index (χ0) is 26.8. The van der Waals surface area contributed by atoms with E-state index in [1.165, 1.54) is 12.1 Å². The van der Waals surface area contributed by atoms with Crippen molar-refractivity contribution in [2.45, 2.75) is 31.5 Å². The third-order valence-electron chi connectivity index (χ3n) is 6.11. The quantitative estimate of drug-likeness (QED) is 0.159. The summed E-state index contributed by atoms with van der Waals surface area (Å²) >= 11 is 0. The second-order valence-corrected chi connectivity index (χ2v) is 8.83. The summed E-state index contributed by atoms with van der Waals surface area (Å²) in [5, 5.41) is 15.5. The molecular weight excluding hydrogens is 489 g/mol. The molecule has 3 aromatic rings. The molecule has 1 heterocycles. The fourth-order valence-electron chi connectivity index (χ4n) is 4.13. The summed E-state index contributed by atoms with van der Waals surface area (Å²) in [6.07, 6.45) is 0.747. The minimum Gasteiger partial charge on any atom is -0.494 e. The van der Waals surface area contributed by atoms with Crippen LogP contribution in [0.3, 0.4) is 0 Å². The number of rotatable bonds is 12. The number of nitrogens with one attached hydrogen (secondary N) is 1. The molecule has 9 nitrogen and oxygen atoms in total. The first-order valence-electron chi connectivity index (χ1n) is 12.2. The number of aliphatic imine (C=N–C) groups is 1. The average Bonchev–Trinajstić information content (AvgIpc) is 3.37. The molecule has 10 heteroatoms. The van der Waals surface area contributed by atoms with Crippen LogP contribution in [0.4, 0.5) is 4.39 Å². The molecule has 0 saturated heterocycles. The van der Waals surface area contributed by atoms with Crippen molar-refractivity contribution in [2.75, 3.05) is 19.8 Å². The first-order chi connectivity index (χ1) is 18.5. The third-order valence-corrected chi connectivity index (χ3v) is 6.11. The lowest BCUT2D eigenvalue weighted by molar-refractivity contribution is -0.126. The molecule has 1 atom stereocenters. The Morgan fingerprint density at radius 1 is 1.16 bits per heavy atom. The minimum absolute atomic E-state index is 0.00191. The first kappa shape index (κ1) is 26.7. The van der Waals surface area contributed by atoms with E-state index in [2.05, 4.69) is 15.3 Å². The number of azide groups is 1. The minimum atomic E-state index is -1.29. The molecule has 38 heavy (non-hydrogen) atoms. The lowest BCUT2D eigenvalue weighted by Gasteiger charge is -2.24. The zero-order valence-corrected chi connectivity index (χ0v) is 20.7. The Labute approximate surface area is 219 Å². The molecule has 0 bridgehead atoms. The molecule has 196 valence electrons. The van der Waals surface area contributed by atoms with E-state index < -0.39 is 5.54 Å². The largest absolute Gasteiger partial charge is 0.494 e. The number of benzene rings is 3. The van der Waals surface area contributed by atoms with E-state index in [1.54, 1.807) is 36.4 Å². The Morgan fingerprint density at radius 3 is 2.68 bits per heavy atom. The molecule has 3 aromatic carbocycles. The van der Waals surface area contributed by atoms with Crippen LogP contribution < -0.4 is 10.1 Å². The van der Waals surface area contributed by atoms with Crippen molar-refractivity contribution in [3.05, 3.63) is 111 Å². The predicted octanol–water partition coefficient (Wildman–Crippen LogP) is 4.47. The molecule has 2 N–H and O–H groups in total. The number of aliphatic hydroxyl groups is 1. The average molecular weight is 518 g/mol. The number of amides is 1. The van der Waals surface area contributed by atoms with E-state index >= 15 is 0 Å². The molecule has 0 fully saturated rings. The van der Waals surface area contributed by atoms with Crippen LogP contribution in [0.25, 0.3) is 10.4 Å². The van der Waals surface area contributed by atoms with E-state index in [4.69, 9.17) is 25.1 Å². The van der Waals surface area contributed by atoms with Crippen LogP contribution in [0.1, 0.15) is 28.7 Å². The normalized spacial score (nSPS) is 16.2. The highest BCUT2D eigenvalue weighted by Crippen LogP contribution is 2.29. The van der Waals surface area contributed by atoms with Crippen LogP contribution in [0.5, 0.6) is 5.75 Å². The van der Waals surface area contributed by atoms with Gasteiger partial charge in [0.1, 0.15) is 18.2 Å². The summed E-state index contributed by atoms with van der Waals surface area (Å²) in [5.74, 6) is 0.221. The number of ether oxygens (including phenoxy) is 2. The van der Waals surface area contributed by atoms with Crippen LogP contribution in [0.15, 0.2) is 82.9 Å². The SMILES string of the molecule is [N-]=[N+]=NCc1ccccc1C[C@]1(C(=O)NCc2cccc(F)c2)COC(c2ccc(OCCCO)cc2)=N1. The highest BCUT2D eigenvalue weighted by atomic mass is 19.1. The van der Waals surface area contributed by atoms with Gasteiger partial charge in [-0.15, -0.1) is 0 Å². The van der Waals surface area contributed by atoms with E-state index in [1.807, 2.05) is 24.3 Å². The maximum absolute atomic E-state index is 13.6. The Morgan fingerprint density at radius 2 is 1.95 bits per heavy atom. The van der Waals surface area contributed by atoms with Gasteiger partial charge in [-0.1, -0.05) is 41.5 Å². The van der Waals surface area contributed by atoms with Crippen LogP contribution in [-0.2, 0) is 29.0 Å². The number of halogens is 1. The van der Waals surface area contributed by atoms with Crippen molar-refractivity contribution in [1.82, 2.24) is 5.32 Å². The van der Waals surface area contributed by atoms with Crippen LogP contribution >= 0.6 is 0 Å². The number of carbonyl (C=O) groups is 1. The van der Waals surface area contributed by atoms with Gasteiger partial charge in [0.15, 0.2) is 5.54 Å². The van der Waals surface area contributed by atoms with Crippen LogP contribution in [0.2, 0.25) is 0 Å². The summed E-state index contributed by atoms with van der Waals surface area (Å²) in [6.45, 7) is 0.726. The molecule has 0 aromatic heterocycles. The maximum atomic E-state index is 13.6. The number of carbonyl (C=O) groups excluding carboxylic acids is 1. The third kappa shape index (κ3) is 6.67. The van der Waals surface area contributed by atoms with Crippen molar-refractivity contribution in [3.63, 3.8) is 0 Å². The topological polar surface area (TPSA) is 129 Å². The fraction of sp³-hybridized carbons (Fsp3) is 0.286. The van der Waals surface area contributed by atoms with Crippen LogP contribution in [-0.4, -0.2) is 42.3 Å². The summed E-state index contributed by atoms with van der Waals surface area (Å²) in [5.41, 5.74) is 10.4. The van der Waals surface area contributed by atoms with E-state index in [0.29, 0.717) is 35.8 Å². The second kappa shape index (κ2) is 12.7. The molecular formula is C28H28FN5O4. The Kier molecular flexibility index (Phi) is 8.92. The molecule has 0 radical (unpaired) electrons. The number of nitrogens with zero attached hydrogens (tertiary/aromatic N) is 4. The van der Waals surface area contributed by atoms with Crippen LogP contribution in [0, 0.1) is 5.82 Å². The van der Waals surface area contributed by atoms with Gasteiger partial charge < -0.3 is 19.9 Å². The molecule has 0 unspecified atom stereocenters. The van der Waals surface area contributed by atoms with Gasteiger partial charge in [-0.2, -0.15) is 0 Å². The number of hydrogen-bond acceptors (Lipinski definition) is 6. The molecule has 4 rings (SSSR count). The van der Waals surface area contributed by atoms with Gasteiger partial charge in [0.05, 0.1) is 13.2 Å². The molecule has 0 aliphatic carbocycles. The van der Waals surface area contributed by atoms with Crippen molar-refractivity contribution >= 4 is 11.8 Å². The molecule has 1 aliphatic heterocycles. The van der Waals surface area contributed by atoms with Crippen molar-refractivity contribution < 1.29 is 23.8 Å². The Bertz CT molecular complexity index is 1340. The lowest BCUT2D eigenvalue weighted by Crippen LogP contribution is -2.48. The Balaban J connectivity index is 1.61. The van der Waals surface area contributed by atoms with Crippen molar-refractivity contribution in [1.29, 1.82) is 0 Å². The van der Waals surface area contributed by atoms with Gasteiger partial charge in [-0.25, -0.2) is 9.38 Å². The van der Waals surface area contributed by atoms with E-state index in [9.17, 15) is 9.18 Å². The second-order valence-electron chi connectivity index (χ2n) is 8.83. The zero-order valence-electron chi connectivity index (χ0n) is 20.7. The van der Waals surface area contributed by atoms with Crippen molar-refractivity contribution in [3.8, 4) is 5.75 Å². The lowest BCUT2D eigenvalue weighted by atomic mass is 9.89. The maximum Gasteiger partial charge on any atom is 0.252 e. The Hall–Kier alpha value is -4.40. The van der Waals surface area contributed by atoms with Gasteiger partial charge in [-0.3, -0.25) is 4.79 Å². The van der Waals surface area contributed by atoms with Gasteiger partial charge in [0, 0.05) is 36.5 Å². The van der Waals surface area contributed by atoms with Crippen molar-refractivity contribution in [2.24, 2.45) is 10.1 Å². The molecule has 0 saturated carbocycles. The summed E-state index contributed by atoms with van der Waals surface area (Å²) < 4.78 is 25.2. The summed E-state index contributed by atoms with van der Waals surface area (Å²) in [4.78, 5) is 21.2. The predicted molar refractivity (Wildman–Crippen MR) is 140 cm³/mol. The fourth-order valence-corrected chi connectivity index (χ4v) is 4.13. The van der Waals surface area contributed by atoms with Gasteiger partial charge >= 0.3 is 0 Å². The van der Waals surface area contributed by atoms with E-state index in [0.717, 1.165) is 11.1 Å². The summed E-state index contributed by atoms with van der Waals surface area (Å²) in [7, 11) is 0. The highest BCUT2D eigenvalue weighted by molar-refractivity contribution is 6.00. The monoisotopic (exact) mass is 517 g/mol. The molecule has 1 aliphatic rings. The number of aliphatic hydroxyl groups excluding tert-OH is 1. The van der Waals surface area contributed by atoms with Gasteiger partial charge in [-0.05, 0) is 58.6 Å².